The SMILES string of the molecule is CN(C)C(=O)c1ccn(-c2ccc([N+](=O)[O-])c(C=O)c2)n1. The van der Waals surface area contributed by atoms with Crippen molar-refractivity contribution in [1.29, 1.82) is 0 Å². The molecule has 0 fully saturated rings. The highest BCUT2D eigenvalue weighted by atomic mass is 16.6. The van der Waals surface area contributed by atoms with E-state index in [1.807, 2.05) is 0 Å². The van der Waals surface area contributed by atoms with Crippen molar-refractivity contribution in [3.05, 3.63) is 51.8 Å². The molecule has 0 bridgehead atoms. The minimum absolute atomic E-state index is 0.0477. The third-order valence-electron chi connectivity index (χ3n) is 2.81. The first-order valence-electron chi connectivity index (χ1n) is 5.95. The molecule has 1 aromatic carbocycles. The van der Waals surface area contributed by atoms with Gasteiger partial charge >= 0.3 is 0 Å². The van der Waals surface area contributed by atoms with E-state index in [2.05, 4.69) is 5.10 Å². The lowest BCUT2D eigenvalue weighted by atomic mass is 10.2. The molecule has 108 valence electrons. The molecule has 0 atom stereocenters. The number of carbonyl (C=O) groups is 2. The third kappa shape index (κ3) is 2.78. The fraction of sp³-hybridized carbons (Fsp3) is 0.154. The van der Waals surface area contributed by atoms with Crippen molar-refractivity contribution < 1.29 is 14.5 Å². The van der Waals surface area contributed by atoms with Gasteiger partial charge in [0.1, 0.15) is 0 Å². The Labute approximate surface area is 119 Å². The van der Waals surface area contributed by atoms with Crippen LogP contribution in [0.3, 0.4) is 0 Å². The van der Waals surface area contributed by atoms with Gasteiger partial charge in [0.05, 0.1) is 16.2 Å². The van der Waals surface area contributed by atoms with E-state index in [1.54, 1.807) is 20.3 Å². The molecule has 1 amide bonds. The molecule has 0 aliphatic carbocycles. The Morgan fingerprint density at radius 1 is 1.38 bits per heavy atom. The van der Waals surface area contributed by atoms with Crippen LogP contribution in [0, 0.1) is 10.1 Å². The second kappa shape index (κ2) is 5.53. The number of carbonyl (C=O) groups excluding carboxylic acids is 2. The highest BCUT2D eigenvalue weighted by molar-refractivity contribution is 5.91. The molecule has 21 heavy (non-hydrogen) atoms. The van der Waals surface area contributed by atoms with Crippen molar-refractivity contribution in [1.82, 2.24) is 14.7 Å². The molecule has 8 nitrogen and oxygen atoms in total. The van der Waals surface area contributed by atoms with Gasteiger partial charge in [-0.05, 0) is 18.2 Å². The Morgan fingerprint density at radius 2 is 2.10 bits per heavy atom. The summed E-state index contributed by atoms with van der Waals surface area (Å²) in [6.07, 6.45) is 1.96. The fourth-order valence-electron chi connectivity index (χ4n) is 1.76. The summed E-state index contributed by atoms with van der Waals surface area (Å²) in [5.41, 5.74) is 0.380. The number of hydrogen-bond donors (Lipinski definition) is 0. The van der Waals surface area contributed by atoms with Gasteiger partial charge in [-0.2, -0.15) is 5.10 Å². The first-order valence-corrected chi connectivity index (χ1v) is 5.95. The van der Waals surface area contributed by atoms with Gasteiger partial charge < -0.3 is 4.90 Å². The van der Waals surface area contributed by atoms with Gasteiger partial charge in [0, 0.05) is 26.4 Å². The Morgan fingerprint density at radius 3 is 2.67 bits per heavy atom. The summed E-state index contributed by atoms with van der Waals surface area (Å²) in [7, 11) is 3.22. The van der Waals surface area contributed by atoms with E-state index in [0.717, 1.165) is 0 Å². The Balaban J connectivity index is 2.41. The molecule has 0 aliphatic rings. The molecular weight excluding hydrogens is 276 g/mol. The molecule has 0 radical (unpaired) electrons. The molecule has 0 N–H and O–H groups in total. The van der Waals surface area contributed by atoms with Crippen LogP contribution >= 0.6 is 0 Å². The topological polar surface area (TPSA) is 98.3 Å². The third-order valence-corrected chi connectivity index (χ3v) is 2.81. The fourth-order valence-corrected chi connectivity index (χ4v) is 1.76. The van der Waals surface area contributed by atoms with Crippen molar-refractivity contribution in [3.8, 4) is 5.69 Å². The highest BCUT2D eigenvalue weighted by Crippen LogP contribution is 2.20. The van der Waals surface area contributed by atoms with Gasteiger partial charge in [0.15, 0.2) is 12.0 Å². The van der Waals surface area contributed by atoms with E-state index in [9.17, 15) is 19.7 Å². The van der Waals surface area contributed by atoms with E-state index in [0.29, 0.717) is 12.0 Å². The van der Waals surface area contributed by atoms with Gasteiger partial charge in [-0.1, -0.05) is 0 Å². The van der Waals surface area contributed by atoms with Gasteiger partial charge in [-0.3, -0.25) is 19.7 Å². The zero-order valence-electron chi connectivity index (χ0n) is 11.4. The molecule has 2 rings (SSSR count). The van der Waals surface area contributed by atoms with Crippen LogP contribution in [0.1, 0.15) is 20.8 Å². The van der Waals surface area contributed by atoms with Crippen molar-refractivity contribution in [3.63, 3.8) is 0 Å². The van der Waals surface area contributed by atoms with E-state index < -0.39 is 4.92 Å². The van der Waals surface area contributed by atoms with Crippen LogP contribution in [0.2, 0.25) is 0 Å². The summed E-state index contributed by atoms with van der Waals surface area (Å²) in [5, 5.41) is 14.9. The quantitative estimate of drug-likeness (QED) is 0.479. The number of nitrogens with zero attached hydrogens (tertiary/aromatic N) is 4. The normalized spacial score (nSPS) is 10.2. The summed E-state index contributed by atoms with van der Waals surface area (Å²) in [6, 6.07) is 5.57. The molecule has 0 aliphatic heterocycles. The van der Waals surface area contributed by atoms with Crippen molar-refractivity contribution in [2.75, 3.05) is 14.1 Å². The van der Waals surface area contributed by atoms with Crippen LogP contribution < -0.4 is 0 Å². The van der Waals surface area contributed by atoms with Crippen molar-refractivity contribution in [2.45, 2.75) is 0 Å². The molecule has 0 saturated carbocycles. The zero-order valence-corrected chi connectivity index (χ0v) is 11.4. The Kier molecular flexibility index (Phi) is 3.79. The summed E-state index contributed by atoms with van der Waals surface area (Å²) in [5.74, 6) is -0.258. The smallest absolute Gasteiger partial charge is 0.280 e. The first kappa shape index (κ1) is 14.4. The molecule has 1 aromatic heterocycles. The number of aromatic nitrogens is 2. The summed E-state index contributed by atoms with van der Waals surface area (Å²) >= 11 is 0. The Bertz CT molecular complexity index is 721. The van der Waals surface area contributed by atoms with Gasteiger partial charge in [0.2, 0.25) is 0 Å². The van der Waals surface area contributed by atoms with Crippen LogP contribution in [-0.2, 0) is 0 Å². The maximum Gasteiger partial charge on any atom is 0.280 e. The Hall–Kier alpha value is -3.03. The number of rotatable bonds is 4. The van der Waals surface area contributed by atoms with Gasteiger partial charge in [-0.25, -0.2) is 4.68 Å². The number of amides is 1. The zero-order chi connectivity index (χ0) is 15.6. The minimum atomic E-state index is -0.627. The average molecular weight is 288 g/mol. The van der Waals surface area contributed by atoms with Crippen LogP contribution in [0.5, 0.6) is 0 Å². The van der Waals surface area contributed by atoms with E-state index >= 15 is 0 Å². The maximum absolute atomic E-state index is 11.8. The predicted octanol–water partition coefficient (Wildman–Crippen LogP) is 1.29. The molecule has 0 spiro atoms. The largest absolute Gasteiger partial charge is 0.343 e. The van der Waals surface area contributed by atoms with E-state index in [4.69, 9.17) is 0 Å². The summed E-state index contributed by atoms with van der Waals surface area (Å²) in [4.78, 5) is 34.2. The highest BCUT2D eigenvalue weighted by Gasteiger charge is 2.16. The lowest BCUT2D eigenvalue weighted by molar-refractivity contribution is -0.385. The number of nitro groups is 1. The monoisotopic (exact) mass is 288 g/mol. The van der Waals surface area contributed by atoms with Crippen molar-refractivity contribution in [2.24, 2.45) is 0 Å². The van der Waals surface area contributed by atoms with Crippen LogP contribution in [-0.4, -0.2) is 45.9 Å². The number of benzene rings is 1. The molecule has 2 aromatic rings. The minimum Gasteiger partial charge on any atom is -0.343 e. The second-order valence-corrected chi connectivity index (χ2v) is 4.46. The molecule has 0 saturated heterocycles. The number of aldehydes is 1. The lowest BCUT2D eigenvalue weighted by Gasteiger charge is -2.07. The van der Waals surface area contributed by atoms with Gasteiger partial charge in [-0.15, -0.1) is 0 Å². The van der Waals surface area contributed by atoms with Crippen LogP contribution in [0.4, 0.5) is 5.69 Å². The molecular formula is C13H12N4O4. The summed E-state index contributed by atoms with van der Waals surface area (Å²) < 4.78 is 1.38. The second-order valence-electron chi connectivity index (χ2n) is 4.46. The molecule has 0 unspecified atom stereocenters. The van der Waals surface area contributed by atoms with Gasteiger partial charge in [0.25, 0.3) is 11.6 Å². The molecule has 1 heterocycles. The van der Waals surface area contributed by atoms with Crippen LogP contribution in [0.25, 0.3) is 5.69 Å². The van der Waals surface area contributed by atoms with Crippen LogP contribution in [0.15, 0.2) is 30.5 Å². The number of nitro benzene ring substituents is 1. The average Bonchev–Trinajstić information content (AvgIpc) is 2.95. The van der Waals surface area contributed by atoms with Crippen molar-refractivity contribution >= 4 is 17.9 Å². The number of hydrogen-bond acceptors (Lipinski definition) is 5. The lowest BCUT2D eigenvalue weighted by Crippen LogP contribution is -2.22. The van der Waals surface area contributed by atoms with E-state index in [-0.39, 0.29) is 22.9 Å². The molecule has 8 heteroatoms. The predicted molar refractivity (Wildman–Crippen MR) is 73.6 cm³/mol. The summed E-state index contributed by atoms with van der Waals surface area (Å²) in [6.45, 7) is 0. The standard InChI is InChI=1S/C13H12N4O4/c1-15(2)13(19)11-5-6-16(14-11)10-3-4-12(17(20)21)9(7-10)8-18/h3-8H,1-2H3. The van der Waals surface area contributed by atoms with E-state index in [1.165, 1.54) is 33.8 Å². The maximum atomic E-state index is 11.8. The first-order chi connectivity index (χ1) is 9.93.